The molecule has 0 aliphatic rings. The molecule has 0 radical (unpaired) electrons. The summed E-state index contributed by atoms with van der Waals surface area (Å²) in [6, 6.07) is 0. The Labute approximate surface area is 146 Å². The van der Waals surface area contributed by atoms with Crippen LogP contribution in [0.4, 0.5) is 31.1 Å². The molecule has 0 atom stereocenters. The Balaban J connectivity index is 0. The number of amides is 1. The molecule has 0 aromatic carbocycles. The SMILES string of the molecule is FC(F)(F)c1nncs1.NC(=O)S.NC(=S)OCCC(F)=C(F)F. The molecule has 1 rings (SSSR count). The van der Waals surface area contributed by atoms with E-state index in [0.29, 0.717) is 11.3 Å². The smallest absolute Gasteiger partial charge is 0.445 e. The summed E-state index contributed by atoms with van der Waals surface area (Å²) in [4.78, 5) is 9.09. The van der Waals surface area contributed by atoms with Crippen LogP contribution in [0.3, 0.4) is 0 Å². The highest BCUT2D eigenvalue weighted by molar-refractivity contribution is 7.96. The van der Waals surface area contributed by atoms with Gasteiger partial charge in [0.25, 0.3) is 10.4 Å². The summed E-state index contributed by atoms with van der Waals surface area (Å²) >= 11 is 7.83. The number of aromatic nitrogens is 2. The van der Waals surface area contributed by atoms with Gasteiger partial charge < -0.3 is 16.2 Å². The zero-order chi connectivity index (χ0) is 19.3. The molecule has 6 nitrogen and oxygen atoms in total. The van der Waals surface area contributed by atoms with Crippen LogP contribution in [0.1, 0.15) is 11.4 Å². The highest BCUT2D eigenvalue weighted by Crippen LogP contribution is 2.29. The summed E-state index contributed by atoms with van der Waals surface area (Å²) in [5.41, 5.74) is 10.2. The highest BCUT2D eigenvalue weighted by Gasteiger charge is 2.34. The van der Waals surface area contributed by atoms with Crippen molar-refractivity contribution in [1.82, 2.24) is 10.2 Å². The summed E-state index contributed by atoms with van der Waals surface area (Å²) < 4.78 is 73.6. The zero-order valence-corrected chi connectivity index (χ0v) is 13.9. The van der Waals surface area contributed by atoms with Gasteiger partial charge in [-0.15, -0.1) is 10.2 Å². The van der Waals surface area contributed by atoms with Gasteiger partial charge in [-0.1, -0.05) is 24.0 Å². The van der Waals surface area contributed by atoms with Gasteiger partial charge in [0.15, 0.2) is 5.83 Å². The molecule has 4 N–H and O–H groups in total. The average molecular weight is 416 g/mol. The van der Waals surface area contributed by atoms with Gasteiger partial charge in [0.1, 0.15) is 5.51 Å². The maximum Gasteiger partial charge on any atom is 0.445 e. The minimum absolute atomic E-state index is 0.265. The fraction of sp³-hybridized carbons (Fsp3) is 0.333. The third-order valence-electron chi connectivity index (χ3n) is 1.37. The number of halogens is 6. The molecule has 0 saturated heterocycles. The molecule has 0 aliphatic carbocycles. The number of thiol groups is 1. The lowest BCUT2D eigenvalue weighted by atomic mass is 10.4. The van der Waals surface area contributed by atoms with E-state index in [0.717, 1.165) is 5.51 Å². The van der Waals surface area contributed by atoms with Gasteiger partial charge in [0.05, 0.1) is 6.61 Å². The Kier molecular flexibility index (Phi) is 13.1. The van der Waals surface area contributed by atoms with E-state index in [-0.39, 0.29) is 11.8 Å². The number of carbonyl (C=O) groups is 1. The molecule has 138 valence electrons. The van der Waals surface area contributed by atoms with E-state index in [1.165, 1.54) is 0 Å². The van der Waals surface area contributed by atoms with Crippen molar-refractivity contribution in [2.75, 3.05) is 6.61 Å². The molecular weight excluding hydrogens is 406 g/mol. The number of hydrogen-bond donors (Lipinski definition) is 3. The van der Waals surface area contributed by atoms with Crippen LogP contribution in [-0.4, -0.2) is 27.2 Å². The first-order chi connectivity index (χ1) is 10.9. The van der Waals surface area contributed by atoms with E-state index in [1.807, 2.05) is 0 Å². The second-order valence-corrected chi connectivity index (χ2v) is 4.84. The zero-order valence-electron chi connectivity index (χ0n) is 11.4. The van der Waals surface area contributed by atoms with Gasteiger partial charge in [-0.25, -0.2) is 4.39 Å². The van der Waals surface area contributed by atoms with Gasteiger partial charge in [-0.05, 0) is 12.2 Å². The Morgan fingerprint density at radius 1 is 1.33 bits per heavy atom. The molecule has 1 amide bonds. The van der Waals surface area contributed by atoms with Gasteiger partial charge in [0.2, 0.25) is 5.01 Å². The van der Waals surface area contributed by atoms with Crippen molar-refractivity contribution in [2.45, 2.75) is 12.6 Å². The van der Waals surface area contributed by atoms with E-state index < -0.39 is 34.8 Å². The number of alkyl halides is 3. The summed E-state index contributed by atoms with van der Waals surface area (Å²) in [5.74, 6) is -1.50. The predicted molar refractivity (Wildman–Crippen MR) is 81.2 cm³/mol. The molecule has 1 aromatic rings. The van der Waals surface area contributed by atoms with E-state index in [1.54, 1.807) is 0 Å². The third kappa shape index (κ3) is 16.8. The molecule has 0 saturated carbocycles. The Morgan fingerprint density at radius 2 is 1.83 bits per heavy atom. The molecule has 0 fully saturated rings. The summed E-state index contributed by atoms with van der Waals surface area (Å²) in [5, 5.41) is 4.05. The predicted octanol–water partition coefficient (Wildman–Crippen LogP) is 3.27. The number of thiocarbonyl (C=S) groups is 1. The minimum atomic E-state index is -4.33. The second-order valence-electron chi connectivity index (χ2n) is 3.16. The maximum atomic E-state index is 11.9. The van der Waals surface area contributed by atoms with Gasteiger partial charge in [0, 0.05) is 6.42 Å². The molecule has 0 bridgehead atoms. The van der Waals surface area contributed by atoms with E-state index in [4.69, 9.17) is 10.5 Å². The van der Waals surface area contributed by atoms with Crippen LogP contribution < -0.4 is 11.5 Å². The van der Waals surface area contributed by atoms with Crippen LogP contribution in [0.2, 0.25) is 0 Å². The lowest BCUT2D eigenvalue weighted by Gasteiger charge is -1.99. The molecule has 1 heterocycles. The van der Waals surface area contributed by atoms with Crippen molar-refractivity contribution in [1.29, 1.82) is 0 Å². The third-order valence-corrected chi connectivity index (χ3v) is 2.23. The van der Waals surface area contributed by atoms with Crippen molar-refractivity contribution in [3.8, 4) is 0 Å². The van der Waals surface area contributed by atoms with E-state index in [2.05, 4.69) is 45.5 Å². The number of nitrogens with zero attached hydrogens (tertiary/aromatic N) is 2. The van der Waals surface area contributed by atoms with Gasteiger partial charge >= 0.3 is 12.3 Å². The molecule has 1 aromatic heterocycles. The highest BCUT2D eigenvalue weighted by atomic mass is 32.1. The number of hydrogen-bond acceptors (Lipinski definition) is 6. The molecule has 0 unspecified atom stereocenters. The van der Waals surface area contributed by atoms with Crippen molar-refractivity contribution in [2.24, 2.45) is 11.5 Å². The molecule has 15 heteroatoms. The lowest BCUT2D eigenvalue weighted by Crippen LogP contribution is -2.13. The van der Waals surface area contributed by atoms with Gasteiger partial charge in [-0.3, -0.25) is 4.79 Å². The minimum Gasteiger partial charge on any atom is -0.471 e. The molecule has 0 aliphatic heterocycles. The lowest BCUT2D eigenvalue weighted by molar-refractivity contribution is -0.138. The van der Waals surface area contributed by atoms with Crippen molar-refractivity contribution < 1.29 is 35.9 Å². The molecular formula is C9H10F6N4O2S3. The Bertz CT molecular complexity index is 530. The Hall–Kier alpha value is -1.61. The first-order valence-corrected chi connectivity index (χ1v) is 7.05. The largest absolute Gasteiger partial charge is 0.471 e. The van der Waals surface area contributed by atoms with Crippen molar-refractivity contribution in [3.05, 3.63) is 22.4 Å². The average Bonchev–Trinajstić information content (AvgIpc) is 2.91. The van der Waals surface area contributed by atoms with Crippen LogP contribution >= 0.6 is 36.2 Å². The molecule has 24 heavy (non-hydrogen) atoms. The van der Waals surface area contributed by atoms with Crippen LogP contribution in [0.15, 0.2) is 17.4 Å². The molecule has 0 spiro atoms. The fourth-order valence-corrected chi connectivity index (χ4v) is 1.14. The van der Waals surface area contributed by atoms with Crippen LogP contribution in [-0.2, 0) is 10.9 Å². The first-order valence-electron chi connectivity index (χ1n) is 5.31. The normalized spacial score (nSPS) is 9.62. The summed E-state index contributed by atoms with van der Waals surface area (Å²) in [6.45, 7) is -0.265. The monoisotopic (exact) mass is 416 g/mol. The fourth-order valence-electron chi connectivity index (χ4n) is 0.632. The first kappa shape index (κ1) is 24.6. The van der Waals surface area contributed by atoms with Crippen LogP contribution in [0.5, 0.6) is 0 Å². The summed E-state index contributed by atoms with van der Waals surface area (Å²) in [7, 11) is 0. The van der Waals surface area contributed by atoms with E-state index >= 15 is 0 Å². The summed E-state index contributed by atoms with van der Waals surface area (Å²) in [6.07, 6.45) is -7.18. The van der Waals surface area contributed by atoms with E-state index in [9.17, 15) is 26.3 Å². The van der Waals surface area contributed by atoms with Gasteiger partial charge in [-0.2, -0.15) is 22.0 Å². The quantitative estimate of drug-likeness (QED) is 0.397. The second kappa shape index (κ2) is 12.8. The Morgan fingerprint density at radius 3 is 2.08 bits per heavy atom. The maximum absolute atomic E-state index is 11.9. The number of primary amides is 1. The standard InChI is InChI=1S/C5H6F3NOS.C3HF3N2S.CH3NOS/c6-3(4(7)8)1-2-10-5(9)11;4-3(5,6)2-8-7-1-9-2;2-1(3)4/h1-2H2,(H2,9,11);1H;(H3,2,3,4). The number of nitrogens with two attached hydrogens (primary N) is 2. The number of ether oxygens (including phenoxy) is 1. The number of rotatable bonds is 3. The van der Waals surface area contributed by atoms with Crippen LogP contribution in [0.25, 0.3) is 0 Å². The van der Waals surface area contributed by atoms with Crippen LogP contribution in [0, 0.1) is 0 Å². The van der Waals surface area contributed by atoms with Crippen molar-refractivity contribution >= 4 is 46.6 Å². The number of carbonyl (C=O) groups excluding carboxylic acids is 1. The van der Waals surface area contributed by atoms with Crippen molar-refractivity contribution in [3.63, 3.8) is 0 Å². The topological polar surface area (TPSA) is 104 Å².